The smallest absolute Gasteiger partial charge is 0.452 e. The zero-order chi connectivity index (χ0) is 19.4. The van der Waals surface area contributed by atoms with Gasteiger partial charge in [0.25, 0.3) is 11.8 Å². The lowest BCUT2D eigenvalue weighted by Crippen LogP contribution is -2.43. The molecular formula is C15H9F6N5O. The second-order valence-corrected chi connectivity index (χ2v) is 6.04. The third kappa shape index (κ3) is 3.26. The summed E-state index contributed by atoms with van der Waals surface area (Å²) >= 11 is 0. The summed E-state index contributed by atoms with van der Waals surface area (Å²) in [5.41, 5.74) is -0.0752. The van der Waals surface area contributed by atoms with Crippen LogP contribution in [0, 0.1) is 5.82 Å². The third-order valence-electron chi connectivity index (χ3n) is 3.98. The quantitative estimate of drug-likeness (QED) is 0.642. The van der Waals surface area contributed by atoms with Crippen molar-refractivity contribution in [3.63, 3.8) is 0 Å². The minimum Gasteiger partial charge on any atom is -0.472 e. The molecule has 0 bridgehead atoms. The first kappa shape index (κ1) is 17.5. The van der Waals surface area contributed by atoms with Crippen molar-refractivity contribution < 1.29 is 31.1 Å². The Morgan fingerprint density at radius 3 is 2.48 bits per heavy atom. The summed E-state index contributed by atoms with van der Waals surface area (Å²) < 4.78 is 84.3. The Balaban J connectivity index is 1.62. The van der Waals surface area contributed by atoms with Gasteiger partial charge in [-0.1, -0.05) is 0 Å². The lowest BCUT2D eigenvalue weighted by atomic mass is 9.91. The van der Waals surface area contributed by atoms with E-state index in [2.05, 4.69) is 20.2 Å². The summed E-state index contributed by atoms with van der Waals surface area (Å²) in [7, 11) is 0. The molecule has 0 saturated heterocycles. The van der Waals surface area contributed by atoms with Crippen molar-refractivity contribution >= 4 is 5.65 Å². The summed E-state index contributed by atoms with van der Waals surface area (Å²) in [6, 6.07) is 0.949. The molecule has 0 atom stereocenters. The molecule has 1 fully saturated rings. The molecule has 0 N–H and O–H groups in total. The average molecular weight is 389 g/mol. The predicted octanol–water partition coefficient (Wildman–Crippen LogP) is 3.52. The highest BCUT2D eigenvalue weighted by atomic mass is 19.4. The number of halogens is 6. The molecular weight excluding hydrogens is 380 g/mol. The van der Waals surface area contributed by atoms with E-state index in [1.165, 1.54) is 0 Å². The van der Waals surface area contributed by atoms with Gasteiger partial charge in [0.2, 0.25) is 5.82 Å². The average Bonchev–Trinajstić information content (AvgIpc) is 2.98. The molecule has 1 aliphatic rings. The molecule has 0 spiro atoms. The lowest BCUT2D eigenvalue weighted by molar-refractivity contribution is -0.145. The molecule has 1 saturated carbocycles. The molecule has 0 aromatic carbocycles. The van der Waals surface area contributed by atoms with Crippen molar-refractivity contribution in [2.24, 2.45) is 0 Å². The van der Waals surface area contributed by atoms with Crippen LogP contribution >= 0.6 is 0 Å². The maximum absolute atomic E-state index is 14.2. The van der Waals surface area contributed by atoms with Gasteiger partial charge >= 0.3 is 6.18 Å². The highest BCUT2D eigenvalue weighted by Crippen LogP contribution is 2.40. The highest BCUT2D eigenvalue weighted by molar-refractivity contribution is 5.59. The summed E-state index contributed by atoms with van der Waals surface area (Å²) in [5, 5.41) is 6.44. The molecule has 1 aliphatic carbocycles. The largest absolute Gasteiger partial charge is 0.472 e. The van der Waals surface area contributed by atoms with E-state index in [0.717, 1.165) is 24.7 Å². The normalized spacial score (nSPS) is 17.1. The lowest BCUT2D eigenvalue weighted by Gasteiger charge is -2.34. The fraction of sp³-hybridized carbons (Fsp3) is 0.333. The second kappa shape index (κ2) is 5.79. The van der Waals surface area contributed by atoms with Crippen LogP contribution in [0.15, 0.2) is 24.7 Å². The topological polar surface area (TPSA) is 65.2 Å². The van der Waals surface area contributed by atoms with Crippen molar-refractivity contribution in [2.45, 2.75) is 31.0 Å². The van der Waals surface area contributed by atoms with Crippen LogP contribution < -0.4 is 4.74 Å². The number of alkyl halides is 5. The first-order valence-electron chi connectivity index (χ1n) is 7.61. The van der Waals surface area contributed by atoms with Gasteiger partial charge in [-0.2, -0.15) is 13.2 Å². The summed E-state index contributed by atoms with van der Waals surface area (Å²) in [6.45, 7) is 0. The van der Waals surface area contributed by atoms with Gasteiger partial charge in [0, 0.05) is 30.8 Å². The Morgan fingerprint density at radius 1 is 1.11 bits per heavy atom. The molecule has 0 aliphatic heterocycles. The monoisotopic (exact) mass is 389 g/mol. The number of ether oxygens (including phenoxy) is 1. The van der Waals surface area contributed by atoms with Crippen LogP contribution in [0.3, 0.4) is 0 Å². The van der Waals surface area contributed by atoms with Gasteiger partial charge < -0.3 is 4.74 Å². The number of hydrogen-bond donors (Lipinski definition) is 0. The number of aromatic nitrogens is 5. The summed E-state index contributed by atoms with van der Waals surface area (Å²) in [4.78, 5) is 7.63. The molecule has 3 aromatic rings. The number of rotatable bonds is 3. The minimum atomic E-state index is -4.73. The van der Waals surface area contributed by atoms with E-state index in [-0.39, 0.29) is 16.9 Å². The highest BCUT2D eigenvalue weighted by Gasteiger charge is 2.47. The summed E-state index contributed by atoms with van der Waals surface area (Å²) in [5.74, 6) is -5.47. The van der Waals surface area contributed by atoms with E-state index < -0.39 is 48.6 Å². The van der Waals surface area contributed by atoms with E-state index in [0.29, 0.717) is 4.40 Å². The molecule has 27 heavy (non-hydrogen) atoms. The molecule has 3 heterocycles. The van der Waals surface area contributed by atoms with Crippen LogP contribution in [0.1, 0.15) is 18.7 Å². The maximum atomic E-state index is 14.2. The number of pyridine rings is 1. The maximum Gasteiger partial charge on any atom is 0.452 e. The zero-order valence-electron chi connectivity index (χ0n) is 13.2. The van der Waals surface area contributed by atoms with Crippen molar-refractivity contribution in [2.75, 3.05) is 0 Å². The fourth-order valence-corrected chi connectivity index (χ4v) is 2.64. The van der Waals surface area contributed by atoms with E-state index in [4.69, 9.17) is 4.74 Å². The molecule has 0 amide bonds. The van der Waals surface area contributed by atoms with Crippen LogP contribution in [-0.2, 0) is 6.18 Å². The van der Waals surface area contributed by atoms with Crippen LogP contribution in [0.5, 0.6) is 5.88 Å². The van der Waals surface area contributed by atoms with Crippen molar-refractivity contribution in [1.82, 2.24) is 24.6 Å². The number of fused-ring (bicyclic) bond motifs is 1. The van der Waals surface area contributed by atoms with Crippen LogP contribution in [0.25, 0.3) is 16.9 Å². The van der Waals surface area contributed by atoms with Crippen LogP contribution in [-0.4, -0.2) is 36.6 Å². The van der Waals surface area contributed by atoms with E-state index in [1.807, 2.05) is 0 Å². The number of hydrogen-bond acceptors (Lipinski definition) is 5. The van der Waals surface area contributed by atoms with Gasteiger partial charge in [0.1, 0.15) is 6.10 Å². The van der Waals surface area contributed by atoms with E-state index >= 15 is 0 Å². The molecule has 142 valence electrons. The Kier molecular flexibility index (Phi) is 3.75. The molecule has 3 aromatic heterocycles. The standard InChI is InChI=1S/C15H9F6N5O/c16-9-1-7(4-23-12(9)27-8-2-14(17,18)3-8)10-6-26-11(5-22-10)24-25-13(26)15(19,20)21/h1,4-6,8H,2-3H2. The molecule has 0 radical (unpaired) electrons. The van der Waals surface area contributed by atoms with Gasteiger partial charge in [-0.25, -0.2) is 18.2 Å². The van der Waals surface area contributed by atoms with Crippen molar-refractivity contribution in [3.05, 3.63) is 36.3 Å². The second-order valence-electron chi connectivity index (χ2n) is 6.04. The van der Waals surface area contributed by atoms with Gasteiger partial charge in [-0.15, -0.1) is 10.2 Å². The molecule has 6 nitrogen and oxygen atoms in total. The Morgan fingerprint density at radius 2 is 1.85 bits per heavy atom. The Labute approximate surface area is 146 Å². The van der Waals surface area contributed by atoms with Gasteiger partial charge in [-0.05, 0) is 6.07 Å². The van der Waals surface area contributed by atoms with Crippen LogP contribution in [0.2, 0.25) is 0 Å². The molecule has 4 rings (SSSR count). The molecule has 12 heteroatoms. The number of nitrogens with zero attached hydrogens (tertiary/aromatic N) is 5. The first-order valence-corrected chi connectivity index (χ1v) is 7.61. The summed E-state index contributed by atoms with van der Waals surface area (Å²) in [6.07, 6.45) is -3.44. The van der Waals surface area contributed by atoms with Gasteiger partial charge in [0.15, 0.2) is 11.5 Å². The third-order valence-corrected chi connectivity index (χ3v) is 3.98. The van der Waals surface area contributed by atoms with Crippen molar-refractivity contribution in [3.8, 4) is 17.1 Å². The van der Waals surface area contributed by atoms with Gasteiger partial charge in [0.05, 0.1) is 11.9 Å². The molecule has 0 unspecified atom stereocenters. The Hall–Kier alpha value is -2.92. The van der Waals surface area contributed by atoms with E-state index in [1.54, 1.807) is 0 Å². The zero-order valence-corrected chi connectivity index (χ0v) is 13.2. The van der Waals surface area contributed by atoms with Crippen LogP contribution in [0.4, 0.5) is 26.3 Å². The SMILES string of the molecule is Fc1cc(-c2cn3c(C(F)(F)F)nnc3cn2)cnc1OC1CC(F)(F)C1. The van der Waals surface area contributed by atoms with Gasteiger partial charge in [-0.3, -0.25) is 9.38 Å². The predicted molar refractivity (Wildman–Crippen MR) is 77.6 cm³/mol. The fourth-order valence-electron chi connectivity index (χ4n) is 2.64. The van der Waals surface area contributed by atoms with Crippen molar-refractivity contribution in [1.29, 1.82) is 0 Å². The Bertz CT molecular complexity index is 1010. The minimum absolute atomic E-state index is 0.0130. The van der Waals surface area contributed by atoms with E-state index in [9.17, 15) is 26.3 Å². The first-order chi connectivity index (χ1) is 12.6.